The summed E-state index contributed by atoms with van der Waals surface area (Å²) in [7, 11) is 0. The van der Waals surface area contributed by atoms with Gasteiger partial charge in [-0.3, -0.25) is 4.90 Å². The monoisotopic (exact) mass is 260 g/mol. The summed E-state index contributed by atoms with van der Waals surface area (Å²) in [6, 6.07) is 8.33. The molecule has 0 atom stereocenters. The maximum absolute atomic E-state index is 5.71. The van der Waals surface area contributed by atoms with Gasteiger partial charge in [-0.25, -0.2) is 0 Å². The van der Waals surface area contributed by atoms with Crippen LogP contribution in [0.15, 0.2) is 30.3 Å². The van der Waals surface area contributed by atoms with Crippen molar-refractivity contribution in [2.24, 2.45) is 5.73 Å². The minimum absolute atomic E-state index is 0.715. The SMILES string of the molecule is CCOc1ccccc1C1=CCN(CCCN)CC1. The highest BCUT2D eigenvalue weighted by atomic mass is 16.5. The predicted octanol–water partition coefficient (Wildman–Crippen LogP) is 2.52. The van der Waals surface area contributed by atoms with Crippen molar-refractivity contribution in [3.05, 3.63) is 35.9 Å². The lowest BCUT2D eigenvalue weighted by Gasteiger charge is -2.26. The Labute approximate surface area is 116 Å². The number of rotatable bonds is 6. The van der Waals surface area contributed by atoms with E-state index in [1.807, 2.05) is 13.0 Å². The van der Waals surface area contributed by atoms with Gasteiger partial charge in [-0.05, 0) is 44.5 Å². The van der Waals surface area contributed by atoms with Crippen molar-refractivity contribution in [3.63, 3.8) is 0 Å². The third-order valence-corrected chi connectivity index (χ3v) is 3.50. The first kappa shape index (κ1) is 14.1. The van der Waals surface area contributed by atoms with Crippen LogP contribution in [0.1, 0.15) is 25.3 Å². The third-order valence-electron chi connectivity index (χ3n) is 3.50. The Hall–Kier alpha value is -1.32. The minimum Gasteiger partial charge on any atom is -0.493 e. The Morgan fingerprint density at radius 1 is 1.32 bits per heavy atom. The lowest BCUT2D eigenvalue weighted by Crippen LogP contribution is -2.30. The van der Waals surface area contributed by atoms with Crippen molar-refractivity contribution >= 4 is 5.57 Å². The van der Waals surface area contributed by atoms with Gasteiger partial charge in [0.05, 0.1) is 6.61 Å². The molecule has 0 aromatic heterocycles. The molecule has 0 saturated heterocycles. The Kier molecular flexibility index (Phi) is 5.43. The molecule has 0 unspecified atom stereocenters. The molecule has 0 saturated carbocycles. The Morgan fingerprint density at radius 3 is 2.84 bits per heavy atom. The van der Waals surface area contributed by atoms with Gasteiger partial charge in [-0.15, -0.1) is 0 Å². The van der Waals surface area contributed by atoms with Gasteiger partial charge in [0, 0.05) is 18.7 Å². The molecule has 2 rings (SSSR count). The van der Waals surface area contributed by atoms with Gasteiger partial charge >= 0.3 is 0 Å². The first-order valence-corrected chi connectivity index (χ1v) is 7.18. The Morgan fingerprint density at radius 2 is 2.16 bits per heavy atom. The third kappa shape index (κ3) is 3.82. The molecular formula is C16H24N2O. The summed E-state index contributed by atoms with van der Waals surface area (Å²) >= 11 is 0. The summed E-state index contributed by atoms with van der Waals surface area (Å²) in [5.74, 6) is 1.01. The molecule has 1 aliphatic rings. The Balaban J connectivity index is 2.05. The topological polar surface area (TPSA) is 38.5 Å². The standard InChI is InChI=1S/C16H24N2O/c1-2-19-16-7-4-3-6-15(16)14-8-12-18(13-9-14)11-5-10-17/h3-4,6-8H,2,5,9-13,17H2,1H3. The van der Waals surface area contributed by atoms with Gasteiger partial charge in [0.1, 0.15) is 5.75 Å². The fourth-order valence-corrected chi connectivity index (χ4v) is 2.49. The zero-order valence-corrected chi connectivity index (χ0v) is 11.8. The zero-order valence-electron chi connectivity index (χ0n) is 11.8. The number of para-hydroxylation sites is 1. The normalized spacial score (nSPS) is 16.2. The molecule has 2 N–H and O–H groups in total. The Bertz CT molecular complexity index is 429. The van der Waals surface area contributed by atoms with Crippen LogP contribution in [0.3, 0.4) is 0 Å². The van der Waals surface area contributed by atoms with E-state index in [4.69, 9.17) is 10.5 Å². The van der Waals surface area contributed by atoms with Crippen molar-refractivity contribution in [3.8, 4) is 5.75 Å². The highest BCUT2D eigenvalue weighted by Gasteiger charge is 2.14. The molecule has 1 aromatic carbocycles. The van der Waals surface area contributed by atoms with E-state index >= 15 is 0 Å². The van der Waals surface area contributed by atoms with Crippen LogP contribution in [0.25, 0.3) is 5.57 Å². The van der Waals surface area contributed by atoms with E-state index in [1.54, 1.807) is 0 Å². The number of hydrogen-bond donors (Lipinski definition) is 1. The van der Waals surface area contributed by atoms with E-state index in [9.17, 15) is 0 Å². The highest BCUT2D eigenvalue weighted by Crippen LogP contribution is 2.30. The summed E-state index contributed by atoms with van der Waals surface area (Å²) in [4.78, 5) is 2.46. The van der Waals surface area contributed by atoms with Crippen LogP contribution in [0.2, 0.25) is 0 Å². The molecule has 0 radical (unpaired) electrons. The molecule has 1 aromatic rings. The predicted molar refractivity (Wildman–Crippen MR) is 80.3 cm³/mol. The number of nitrogens with two attached hydrogens (primary N) is 1. The molecule has 0 aliphatic carbocycles. The van der Waals surface area contributed by atoms with Crippen molar-refractivity contribution in [1.29, 1.82) is 0 Å². The van der Waals surface area contributed by atoms with E-state index < -0.39 is 0 Å². The molecule has 0 bridgehead atoms. The van der Waals surface area contributed by atoms with Crippen molar-refractivity contribution < 1.29 is 4.74 Å². The molecule has 3 nitrogen and oxygen atoms in total. The number of hydrogen-bond acceptors (Lipinski definition) is 3. The second-order valence-corrected chi connectivity index (χ2v) is 4.85. The highest BCUT2D eigenvalue weighted by molar-refractivity contribution is 5.71. The number of ether oxygens (including phenoxy) is 1. The van der Waals surface area contributed by atoms with E-state index in [1.165, 1.54) is 11.1 Å². The van der Waals surface area contributed by atoms with Crippen molar-refractivity contribution in [2.45, 2.75) is 19.8 Å². The molecule has 0 fully saturated rings. The smallest absolute Gasteiger partial charge is 0.126 e. The average Bonchev–Trinajstić information content (AvgIpc) is 2.47. The summed E-state index contributed by atoms with van der Waals surface area (Å²) in [6.45, 7) is 6.77. The van der Waals surface area contributed by atoms with Crippen LogP contribution in [-0.2, 0) is 0 Å². The van der Waals surface area contributed by atoms with E-state index in [0.29, 0.717) is 6.61 Å². The van der Waals surface area contributed by atoms with Crippen molar-refractivity contribution in [1.82, 2.24) is 4.90 Å². The van der Waals surface area contributed by atoms with E-state index in [2.05, 4.69) is 29.2 Å². The van der Waals surface area contributed by atoms with Crippen LogP contribution in [0.4, 0.5) is 0 Å². The van der Waals surface area contributed by atoms with Gasteiger partial charge in [0.25, 0.3) is 0 Å². The molecule has 1 aliphatic heterocycles. The fraction of sp³-hybridized carbons (Fsp3) is 0.500. The van der Waals surface area contributed by atoms with Gasteiger partial charge in [-0.1, -0.05) is 24.3 Å². The largest absolute Gasteiger partial charge is 0.493 e. The summed E-state index contributed by atoms with van der Waals surface area (Å²) in [5, 5.41) is 0. The van der Waals surface area contributed by atoms with E-state index in [0.717, 1.165) is 44.8 Å². The van der Waals surface area contributed by atoms with Crippen molar-refractivity contribution in [2.75, 3.05) is 32.8 Å². The molecule has 0 spiro atoms. The fourth-order valence-electron chi connectivity index (χ4n) is 2.49. The second-order valence-electron chi connectivity index (χ2n) is 4.85. The van der Waals surface area contributed by atoms with Crippen LogP contribution in [0, 0.1) is 0 Å². The van der Waals surface area contributed by atoms with Gasteiger partial charge in [0.15, 0.2) is 0 Å². The lowest BCUT2D eigenvalue weighted by molar-refractivity contribution is 0.299. The van der Waals surface area contributed by atoms with Crippen LogP contribution >= 0.6 is 0 Å². The molecular weight excluding hydrogens is 236 g/mol. The quantitative estimate of drug-likeness (QED) is 0.854. The van der Waals surface area contributed by atoms with Gasteiger partial charge < -0.3 is 10.5 Å². The van der Waals surface area contributed by atoms with E-state index in [-0.39, 0.29) is 0 Å². The summed E-state index contributed by atoms with van der Waals surface area (Å²) in [6.07, 6.45) is 4.51. The first-order valence-electron chi connectivity index (χ1n) is 7.18. The second kappa shape index (κ2) is 7.31. The molecule has 1 heterocycles. The number of benzene rings is 1. The maximum atomic E-state index is 5.71. The zero-order chi connectivity index (χ0) is 13.5. The minimum atomic E-state index is 0.715. The summed E-state index contributed by atoms with van der Waals surface area (Å²) < 4.78 is 5.71. The molecule has 104 valence electrons. The lowest BCUT2D eigenvalue weighted by atomic mass is 9.98. The van der Waals surface area contributed by atoms with Gasteiger partial charge in [0.2, 0.25) is 0 Å². The molecule has 19 heavy (non-hydrogen) atoms. The van der Waals surface area contributed by atoms with Crippen LogP contribution in [-0.4, -0.2) is 37.7 Å². The maximum Gasteiger partial charge on any atom is 0.126 e. The molecule has 3 heteroatoms. The summed E-state index contributed by atoms with van der Waals surface area (Å²) in [5.41, 5.74) is 8.22. The van der Waals surface area contributed by atoms with Crippen LogP contribution < -0.4 is 10.5 Å². The molecule has 0 amide bonds. The van der Waals surface area contributed by atoms with Crippen LogP contribution in [0.5, 0.6) is 5.75 Å². The first-order chi connectivity index (χ1) is 9.35. The number of nitrogens with zero attached hydrogens (tertiary/aromatic N) is 1. The van der Waals surface area contributed by atoms with Gasteiger partial charge in [-0.2, -0.15) is 0 Å². The average molecular weight is 260 g/mol.